The average Bonchev–Trinajstić information content (AvgIpc) is 2.07. The molecule has 1 aromatic rings. The third kappa shape index (κ3) is 1.80. The van der Waals surface area contributed by atoms with Crippen molar-refractivity contribution in [2.45, 2.75) is 0 Å². The second kappa shape index (κ2) is 3.57. The smallest absolute Gasteiger partial charge is 0.356 e. The number of carboxylic acids is 1. The van der Waals surface area contributed by atoms with Gasteiger partial charge in [-0.3, -0.25) is 0 Å². The SMILES string of the molecule is Nc1c(C(=O)O)nc(Cl)c(Cl)c1Cl. The van der Waals surface area contributed by atoms with E-state index in [1.807, 2.05) is 0 Å². The molecule has 0 aromatic carbocycles. The zero-order valence-corrected chi connectivity index (χ0v) is 8.28. The molecule has 13 heavy (non-hydrogen) atoms. The number of nitrogens with zero attached hydrogens (tertiary/aromatic N) is 1. The highest BCUT2D eigenvalue weighted by Crippen LogP contribution is 2.34. The third-order valence-electron chi connectivity index (χ3n) is 1.28. The van der Waals surface area contributed by atoms with Gasteiger partial charge in [0.05, 0.1) is 15.7 Å². The fourth-order valence-corrected chi connectivity index (χ4v) is 1.23. The van der Waals surface area contributed by atoms with Crippen molar-refractivity contribution >= 4 is 46.5 Å². The molecule has 70 valence electrons. The van der Waals surface area contributed by atoms with Gasteiger partial charge in [0.2, 0.25) is 0 Å². The Morgan fingerprint density at radius 2 is 1.85 bits per heavy atom. The molecule has 3 N–H and O–H groups in total. The fraction of sp³-hybridized carbons (Fsp3) is 0. The topological polar surface area (TPSA) is 76.2 Å². The van der Waals surface area contributed by atoms with Crippen molar-refractivity contribution in [3.05, 3.63) is 20.9 Å². The van der Waals surface area contributed by atoms with Gasteiger partial charge in [-0.15, -0.1) is 0 Å². The Morgan fingerprint density at radius 3 is 2.31 bits per heavy atom. The molecule has 1 heterocycles. The second-order valence-corrected chi connectivity index (χ2v) is 3.21. The van der Waals surface area contributed by atoms with Crippen LogP contribution in [0.2, 0.25) is 15.2 Å². The highest BCUT2D eigenvalue weighted by Gasteiger charge is 2.18. The van der Waals surface area contributed by atoms with E-state index in [0.29, 0.717) is 0 Å². The molecule has 4 nitrogen and oxygen atoms in total. The summed E-state index contributed by atoms with van der Waals surface area (Å²) < 4.78 is 0. The zero-order valence-electron chi connectivity index (χ0n) is 6.01. The monoisotopic (exact) mass is 240 g/mol. The van der Waals surface area contributed by atoms with Gasteiger partial charge in [0.1, 0.15) is 5.15 Å². The molecule has 0 atom stereocenters. The largest absolute Gasteiger partial charge is 0.476 e. The van der Waals surface area contributed by atoms with Gasteiger partial charge in [0.25, 0.3) is 0 Å². The Bertz CT molecular complexity index is 381. The molecular formula is C6H3Cl3N2O2. The van der Waals surface area contributed by atoms with Gasteiger partial charge in [-0.2, -0.15) is 0 Å². The maximum atomic E-state index is 10.5. The summed E-state index contributed by atoms with van der Waals surface area (Å²) in [5.74, 6) is -1.31. The molecule has 1 rings (SSSR count). The van der Waals surface area contributed by atoms with E-state index >= 15 is 0 Å². The molecule has 0 radical (unpaired) electrons. The maximum Gasteiger partial charge on any atom is 0.356 e. The molecule has 0 aliphatic heterocycles. The second-order valence-electron chi connectivity index (χ2n) is 2.10. The lowest BCUT2D eigenvalue weighted by atomic mass is 10.3. The van der Waals surface area contributed by atoms with Crippen LogP contribution in [0.25, 0.3) is 0 Å². The lowest BCUT2D eigenvalue weighted by Gasteiger charge is -2.04. The van der Waals surface area contributed by atoms with Crippen molar-refractivity contribution in [1.29, 1.82) is 0 Å². The van der Waals surface area contributed by atoms with Crippen LogP contribution in [0.4, 0.5) is 5.69 Å². The predicted octanol–water partition coefficient (Wildman–Crippen LogP) is 2.32. The standard InChI is InChI=1S/C6H3Cl3N2O2/c7-1-2(8)5(9)11-4(3(1)10)6(12)13/h10H2,(H,12,13). The van der Waals surface area contributed by atoms with Gasteiger partial charge in [0.15, 0.2) is 5.69 Å². The number of carboxylic acid groups (broad SMARTS) is 1. The van der Waals surface area contributed by atoms with Crippen molar-refractivity contribution in [2.75, 3.05) is 5.73 Å². The number of halogens is 3. The van der Waals surface area contributed by atoms with E-state index in [4.69, 9.17) is 45.6 Å². The van der Waals surface area contributed by atoms with E-state index in [-0.39, 0.29) is 20.9 Å². The first kappa shape index (κ1) is 10.4. The first-order valence-corrected chi connectivity index (χ1v) is 4.11. The van der Waals surface area contributed by atoms with Gasteiger partial charge in [-0.05, 0) is 0 Å². The Hall–Kier alpha value is -0.710. The number of nitrogen functional groups attached to an aromatic ring is 1. The molecule has 0 unspecified atom stereocenters. The van der Waals surface area contributed by atoms with Crippen LogP contribution in [0.15, 0.2) is 0 Å². The number of hydrogen-bond acceptors (Lipinski definition) is 3. The summed E-state index contributed by atoms with van der Waals surface area (Å²) in [6, 6.07) is 0. The summed E-state index contributed by atoms with van der Waals surface area (Å²) in [5, 5.41) is 8.27. The number of aromatic carboxylic acids is 1. The number of pyridine rings is 1. The Kier molecular flexibility index (Phi) is 2.85. The minimum absolute atomic E-state index is 0.0502. The van der Waals surface area contributed by atoms with Crippen molar-refractivity contribution in [3.8, 4) is 0 Å². The van der Waals surface area contributed by atoms with Crippen molar-refractivity contribution in [1.82, 2.24) is 4.98 Å². The van der Waals surface area contributed by atoms with Gasteiger partial charge >= 0.3 is 5.97 Å². The van der Waals surface area contributed by atoms with Crippen LogP contribution in [-0.4, -0.2) is 16.1 Å². The number of aromatic nitrogens is 1. The zero-order chi connectivity index (χ0) is 10.2. The predicted molar refractivity (Wildman–Crippen MR) is 50.6 cm³/mol. The maximum absolute atomic E-state index is 10.5. The Balaban J connectivity index is 3.50. The number of nitrogens with two attached hydrogens (primary N) is 1. The third-order valence-corrected chi connectivity index (χ3v) is 2.51. The Labute approximate surface area is 88.2 Å². The van der Waals surface area contributed by atoms with E-state index in [0.717, 1.165) is 0 Å². The van der Waals surface area contributed by atoms with E-state index in [9.17, 15) is 4.79 Å². The summed E-state index contributed by atoms with van der Waals surface area (Å²) in [5.41, 5.74) is 4.74. The molecular weight excluding hydrogens is 238 g/mol. The highest BCUT2D eigenvalue weighted by atomic mass is 35.5. The fourth-order valence-electron chi connectivity index (χ4n) is 0.683. The molecule has 0 bridgehead atoms. The average molecular weight is 241 g/mol. The number of anilines is 1. The summed E-state index contributed by atoms with van der Waals surface area (Å²) in [4.78, 5) is 14.0. The molecule has 0 saturated carbocycles. The minimum atomic E-state index is -1.31. The molecule has 0 aliphatic rings. The first-order chi connectivity index (χ1) is 5.95. The summed E-state index contributed by atoms with van der Waals surface area (Å²) in [7, 11) is 0. The normalized spacial score (nSPS) is 10.1. The van der Waals surface area contributed by atoms with Gasteiger partial charge in [-0.25, -0.2) is 9.78 Å². The summed E-state index contributed by atoms with van der Waals surface area (Å²) >= 11 is 16.6. The van der Waals surface area contributed by atoms with Crippen LogP contribution in [-0.2, 0) is 0 Å². The summed E-state index contributed by atoms with van der Waals surface area (Å²) in [6.45, 7) is 0. The lowest BCUT2D eigenvalue weighted by Crippen LogP contribution is -2.06. The van der Waals surface area contributed by atoms with E-state index in [1.165, 1.54) is 0 Å². The number of hydrogen-bond donors (Lipinski definition) is 2. The molecule has 0 saturated heterocycles. The number of rotatable bonds is 1. The van der Waals surface area contributed by atoms with Gasteiger partial charge < -0.3 is 10.8 Å². The molecule has 0 spiro atoms. The van der Waals surface area contributed by atoms with Crippen molar-refractivity contribution < 1.29 is 9.90 Å². The molecule has 7 heteroatoms. The van der Waals surface area contributed by atoms with E-state index in [2.05, 4.69) is 4.98 Å². The molecule has 0 amide bonds. The van der Waals surface area contributed by atoms with Crippen LogP contribution in [0.1, 0.15) is 10.5 Å². The van der Waals surface area contributed by atoms with Crippen molar-refractivity contribution in [3.63, 3.8) is 0 Å². The first-order valence-electron chi connectivity index (χ1n) is 2.98. The van der Waals surface area contributed by atoms with Crippen LogP contribution >= 0.6 is 34.8 Å². The van der Waals surface area contributed by atoms with Crippen LogP contribution in [0, 0.1) is 0 Å². The van der Waals surface area contributed by atoms with E-state index in [1.54, 1.807) is 0 Å². The molecule has 0 aliphatic carbocycles. The highest BCUT2D eigenvalue weighted by molar-refractivity contribution is 6.48. The van der Waals surface area contributed by atoms with Crippen LogP contribution in [0.3, 0.4) is 0 Å². The molecule has 0 fully saturated rings. The number of carbonyl (C=O) groups is 1. The van der Waals surface area contributed by atoms with Crippen LogP contribution in [0.5, 0.6) is 0 Å². The van der Waals surface area contributed by atoms with Gasteiger partial charge in [0, 0.05) is 0 Å². The Morgan fingerprint density at radius 1 is 1.31 bits per heavy atom. The van der Waals surface area contributed by atoms with E-state index < -0.39 is 11.7 Å². The van der Waals surface area contributed by atoms with Gasteiger partial charge in [-0.1, -0.05) is 34.8 Å². The lowest BCUT2D eigenvalue weighted by molar-refractivity contribution is 0.0692. The summed E-state index contributed by atoms with van der Waals surface area (Å²) in [6.07, 6.45) is 0. The minimum Gasteiger partial charge on any atom is -0.476 e. The van der Waals surface area contributed by atoms with Crippen LogP contribution < -0.4 is 5.73 Å². The quantitative estimate of drug-likeness (QED) is 0.740. The molecule has 1 aromatic heterocycles. The van der Waals surface area contributed by atoms with Crippen molar-refractivity contribution in [2.24, 2.45) is 0 Å².